The largest absolute Gasteiger partial charge is 0.0622 e. The van der Waals surface area contributed by atoms with E-state index in [1.807, 2.05) is 0 Å². The van der Waals surface area contributed by atoms with Crippen LogP contribution in [0.3, 0.4) is 0 Å². The van der Waals surface area contributed by atoms with Crippen LogP contribution in [-0.2, 0) is 0 Å². The van der Waals surface area contributed by atoms with E-state index in [0.29, 0.717) is 0 Å². The Bertz CT molecular complexity index is 734. The van der Waals surface area contributed by atoms with E-state index in [0.717, 1.165) is 0 Å². The Kier molecular flexibility index (Phi) is 3.33. The van der Waals surface area contributed by atoms with Crippen LogP contribution in [-0.4, -0.2) is 0 Å². The van der Waals surface area contributed by atoms with Crippen molar-refractivity contribution in [2.45, 2.75) is 34.6 Å². The van der Waals surface area contributed by atoms with E-state index < -0.39 is 0 Å². The molecule has 0 amide bonds. The first kappa shape index (κ1) is 13.9. The van der Waals surface area contributed by atoms with Crippen molar-refractivity contribution in [2.24, 2.45) is 0 Å². The Morgan fingerprint density at radius 2 is 0.905 bits per heavy atom. The van der Waals surface area contributed by atoms with Gasteiger partial charge >= 0.3 is 0 Å². The highest BCUT2D eigenvalue weighted by atomic mass is 14.2. The summed E-state index contributed by atoms with van der Waals surface area (Å²) >= 11 is 0. The van der Waals surface area contributed by atoms with Crippen molar-refractivity contribution in [2.75, 3.05) is 0 Å². The van der Waals surface area contributed by atoms with Crippen LogP contribution in [0, 0.1) is 34.6 Å². The molecule has 0 bridgehead atoms. The molecule has 1 aromatic carbocycles. The summed E-state index contributed by atoms with van der Waals surface area (Å²) in [5, 5.41) is 0. The monoisotopic (exact) mass is 274 g/mol. The van der Waals surface area contributed by atoms with Crippen LogP contribution in [0.2, 0.25) is 0 Å². The van der Waals surface area contributed by atoms with E-state index in [-0.39, 0.29) is 0 Å². The molecule has 0 fully saturated rings. The van der Waals surface area contributed by atoms with Gasteiger partial charge in [0, 0.05) is 0 Å². The van der Waals surface area contributed by atoms with Crippen LogP contribution < -0.4 is 0 Å². The lowest BCUT2D eigenvalue weighted by molar-refractivity contribution is 1.18. The first-order valence-electron chi connectivity index (χ1n) is 7.57. The minimum absolute atomic E-state index is 1.31. The lowest BCUT2D eigenvalue weighted by atomic mass is 9.87. The van der Waals surface area contributed by atoms with E-state index in [2.05, 4.69) is 77.1 Å². The fraction of sp³-hybridized carbons (Fsp3) is 0.238. The van der Waals surface area contributed by atoms with Gasteiger partial charge < -0.3 is 0 Å². The fourth-order valence-electron chi connectivity index (χ4n) is 3.29. The van der Waals surface area contributed by atoms with Crippen LogP contribution in [0.5, 0.6) is 0 Å². The summed E-state index contributed by atoms with van der Waals surface area (Å²) in [5.41, 5.74) is 12.5. The summed E-state index contributed by atoms with van der Waals surface area (Å²) in [5.74, 6) is 0. The summed E-state index contributed by atoms with van der Waals surface area (Å²) in [6.07, 6.45) is 0. The molecule has 0 atom stereocenters. The number of rotatable bonds is 1. The maximum Gasteiger partial charge on any atom is -0.0120 e. The summed E-state index contributed by atoms with van der Waals surface area (Å²) in [6.45, 7) is 11.2. The maximum absolute atomic E-state index is 2.32. The van der Waals surface area contributed by atoms with Gasteiger partial charge in [-0.2, -0.15) is 0 Å². The molecule has 0 aliphatic heterocycles. The number of hydrogen-bond donors (Lipinski definition) is 0. The van der Waals surface area contributed by atoms with Gasteiger partial charge in [-0.1, -0.05) is 30.3 Å². The summed E-state index contributed by atoms with van der Waals surface area (Å²) in [6, 6.07) is 15.3. The Morgan fingerprint density at radius 1 is 0.476 bits per heavy atom. The minimum Gasteiger partial charge on any atom is -0.0622 e. The molecule has 0 nitrogen and oxygen atoms in total. The molecular formula is C21H22. The Morgan fingerprint density at radius 3 is 1.38 bits per heavy atom. The molecule has 3 rings (SSSR count). The molecular weight excluding hydrogens is 252 g/mol. The predicted octanol–water partition coefficient (Wildman–Crippen LogP) is 6.00. The molecule has 0 heterocycles. The van der Waals surface area contributed by atoms with E-state index in [1.54, 1.807) is 0 Å². The van der Waals surface area contributed by atoms with Crippen molar-refractivity contribution < 1.29 is 0 Å². The zero-order chi connectivity index (χ0) is 15.1. The average Bonchev–Trinajstić information content (AvgIpc) is 2.73. The summed E-state index contributed by atoms with van der Waals surface area (Å²) in [7, 11) is 0. The molecule has 1 aromatic rings. The summed E-state index contributed by atoms with van der Waals surface area (Å²) in [4.78, 5) is 0. The van der Waals surface area contributed by atoms with Crippen molar-refractivity contribution in [3.63, 3.8) is 0 Å². The molecule has 0 radical (unpaired) electrons. The van der Waals surface area contributed by atoms with Crippen molar-refractivity contribution in [1.29, 1.82) is 0 Å². The lowest BCUT2D eigenvalue weighted by Gasteiger charge is -2.18. The second-order valence-corrected chi connectivity index (χ2v) is 6.07. The van der Waals surface area contributed by atoms with Crippen molar-refractivity contribution in [3.05, 3.63) is 70.3 Å². The second kappa shape index (κ2) is 5.04. The number of benzene rings is 1. The van der Waals surface area contributed by atoms with Gasteiger partial charge in [0.15, 0.2) is 0 Å². The van der Waals surface area contributed by atoms with Gasteiger partial charge in [-0.05, 0) is 96.8 Å². The number of hydrogen-bond acceptors (Lipinski definition) is 0. The quantitative estimate of drug-likeness (QED) is 0.510. The third-order valence-corrected chi connectivity index (χ3v) is 5.02. The Balaban J connectivity index is 2.32. The molecule has 0 spiro atoms. The first-order chi connectivity index (χ1) is 10.0. The lowest BCUT2D eigenvalue weighted by Crippen LogP contribution is -1.98. The van der Waals surface area contributed by atoms with E-state index in [9.17, 15) is 0 Å². The van der Waals surface area contributed by atoms with Gasteiger partial charge in [0.2, 0.25) is 0 Å². The first-order valence-corrected chi connectivity index (χ1v) is 7.57. The van der Waals surface area contributed by atoms with Crippen LogP contribution in [0.15, 0.2) is 42.5 Å². The highest BCUT2D eigenvalue weighted by Gasteiger charge is 2.16. The predicted molar refractivity (Wildman–Crippen MR) is 92.2 cm³/mol. The molecule has 2 aliphatic rings. The van der Waals surface area contributed by atoms with Gasteiger partial charge in [0.1, 0.15) is 0 Å². The smallest absolute Gasteiger partial charge is 0.0120 e. The van der Waals surface area contributed by atoms with Gasteiger partial charge in [-0.3, -0.25) is 0 Å². The van der Waals surface area contributed by atoms with Crippen LogP contribution in [0.25, 0.3) is 22.3 Å². The molecule has 0 heteroatoms. The maximum atomic E-state index is 2.32. The molecule has 21 heavy (non-hydrogen) atoms. The van der Waals surface area contributed by atoms with Gasteiger partial charge in [-0.15, -0.1) is 0 Å². The van der Waals surface area contributed by atoms with E-state index in [1.165, 1.54) is 50.1 Å². The van der Waals surface area contributed by atoms with Crippen molar-refractivity contribution >= 4 is 0 Å². The van der Waals surface area contributed by atoms with E-state index in [4.69, 9.17) is 0 Å². The molecule has 0 aromatic heterocycles. The fourth-order valence-corrected chi connectivity index (χ4v) is 3.29. The molecule has 106 valence electrons. The normalized spacial score (nSPS) is 11.1. The number of fused-ring (bicyclic) bond motifs is 1. The van der Waals surface area contributed by atoms with Crippen LogP contribution in [0.4, 0.5) is 0 Å². The van der Waals surface area contributed by atoms with Crippen molar-refractivity contribution in [1.82, 2.24) is 0 Å². The topological polar surface area (TPSA) is 0 Å². The Hall–Kier alpha value is -2.08. The zero-order valence-electron chi connectivity index (χ0n) is 13.5. The SMILES string of the molecule is Cc1c(C)c(C)c(-c2cc3cccccc-3c2)c(C)c1C. The van der Waals surface area contributed by atoms with Gasteiger partial charge in [0.25, 0.3) is 0 Å². The van der Waals surface area contributed by atoms with E-state index >= 15 is 0 Å². The third kappa shape index (κ3) is 2.15. The van der Waals surface area contributed by atoms with Gasteiger partial charge in [-0.25, -0.2) is 0 Å². The molecule has 2 aliphatic carbocycles. The molecule has 0 saturated carbocycles. The highest BCUT2D eigenvalue weighted by Crippen LogP contribution is 2.38. The highest BCUT2D eigenvalue weighted by molar-refractivity contribution is 5.84. The zero-order valence-corrected chi connectivity index (χ0v) is 13.5. The molecule has 0 unspecified atom stereocenters. The third-order valence-electron chi connectivity index (χ3n) is 5.02. The van der Waals surface area contributed by atoms with Crippen molar-refractivity contribution in [3.8, 4) is 22.3 Å². The van der Waals surface area contributed by atoms with Crippen LogP contribution >= 0.6 is 0 Å². The standard InChI is InChI=1S/C21H22/c1-13-14(2)16(4)21(17(5)15(13)3)20-11-18-9-7-6-8-10-19(18)12-20/h6-12H,1-5H3. The molecule has 0 N–H and O–H groups in total. The van der Waals surface area contributed by atoms with Gasteiger partial charge in [0.05, 0.1) is 0 Å². The average molecular weight is 274 g/mol. The Labute approximate surface area is 127 Å². The second-order valence-electron chi connectivity index (χ2n) is 6.07. The summed E-state index contributed by atoms with van der Waals surface area (Å²) < 4.78 is 0. The van der Waals surface area contributed by atoms with Crippen LogP contribution in [0.1, 0.15) is 27.8 Å². The molecule has 0 saturated heterocycles. The minimum atomic E-state index is 1.31.